The fourth-order valence-electron chi connectivity index (χ4n) is 3.61. The Kier molecular flexibility index (Phi) is 4.62. The Bertz CT molecular complexity index is 1280. The molecule has 5 aromatic rings. The number of amides is 1. The number of thiazole rings is 1. The normalized spacial score (nSPS) is 11.3. The van der Waals surface area contributed by atoms with Gasteiger partial charge in [-0.15, -0.1) is 11.3 Å². The lowest BCUT2D eigenvalue weighted by Crippen LogP contribution is -2.27. The van der Waals surface area contributed by atoms with E-state index >= 15 is 0 Å². The zero-order valence-electron chi connectivity index (χ0n) is 15.8. The van der Waals surface area contributed by atoms with Crippen LogP contribution in [0.1, 0.15) is 11.3 Å². The molecule has 0 radical (unpaired) electrons. The van der Waals surface area contributed by atoms with Crippen LogP contribution in [0.3, 0.4) is 0 Å². The minimum Gasteiger partial charge on any atom is -0.361 e. The average Bonchev–Trinajstić information content (AvgIpc) is 3.45. The summed E-state index contributed by atoms with van der Waals surface area (Å²) in [6.45, 7) is 0.618. The number of nitrogens with zero attached hydrogens (tertiary/aromatic N) is 2. The number of nitrogens with one attached hydrogen (secondary N) is 2. The molecule has 0 atom stereocenters. The van der Waals surface area contributed by atoms with E-state index in [4.69, 9.17) is 0 Å². The summed E-state index contributed by atoms with van der Waals surface area (Å²) in [5.74, 6) is 0.0273. The molecule has 0 aliphatic carbocycles. The van der Waals surface area contributed by atoms with Crippen molar-refractivity contribution in [2.24, 2.45) is 0 Å². The summed E-state index contributed by atoms with van der Waals surface area (Å²) in [4.78, 5) is 21.3. The third-order valence-corrected chi connectivity index (χ3v) is 5.97. The maximum absolute atomic E-state index is 12.5. The molecule has 0 bridgehead atoms. The quantitative estimate of drug-likeness (QED) is 0.442. The number of aromatic nitrogens is 3. The van der Waals surface area contributed by atoms with E-state index in [2.05, 4.69) is 27.4 Å². The molecule has 0 saturated heterocycles. The number of benzene rings is 2. The van der Waals surface area contributed by atoms with E-state index in [9.17, 15) is 4.79 Å². The summed E-state index contributed by atoms with van der Waals surface area (Å²) < 4.78 is 2.02. The fourth-order valence-corrected chi connectivity index (χ4v) is 4.48. The molecule has 0 fully saturated rings. The first-order valence-corrected chi connectivity index (χ1v) is 10.5. The SMILES string of the molecule is O=C(Cc1csc2nc(-c3ccccc3)cn12)NCCc1c[nH]c2ccccc12. The van der Waals surface area contributed by atoms with Crippen molar-refractivity contribution in [3.63, 3.8) is 0 Å². The van der Waals surface area contributed by atoms with Gasteiger partial charge in [0, 0.05) is 46.5 Å². The van der Waals surface area contributed by atoms with Gasteiger partial charge in [0.05, 0.1) is 12.1 Å². The van der Waals surface area contributed by atoms with Gasteiger partial charge < -0.3 is 10.3 Å². The maximum atomic E-state index is 12.5. The van der Waals surface area contributed by atoms with Crippen LogP contribution < -0.4 is 5.32 Å². The van der Waals surface area contributed by atoms with Gasteiger partial charge in [-0.3, -0.25) is 9.20 Å². The van der Waals surface area contributed by atoms with E-state index in [0.717, 1.165) is 33.8 Å². The molecule has 0 unspecified atom stereocenters. The highest BCUT2D eigenvalue weighted by molar-refractivity contribution is 7.15. The number of H-pyrrole nitrogens is 1. The lowest BCUT2D eigenvalue weighted by atomic mass is 10.1. The number of fused-ring (bicyclic) bond motifs is 2. The summed E-state index contributed by atoms with van der Waals surface area (Å²) in [5.41, 5.74) is 5.32. The van der Waals surface area contributed by atoms with E-state index in [-0.39, 0.29) is 5.91 Å². The van der Waals surface area contributed by atoms with Crippen molar-refractivity contribution in [3.05, 3.63) is 83.6 Å². The van der Waals surface area contributed by atoms with Crippen LogP contribution in [0.2, 0.25) is 0 Å². The van der Waals surface area contributed by atoms with E-state index in [0.29, 0.717) is 13.0 Å². The molecule has 5 rings (SSSR count). The Labute approximate surface area is 172 Å². The van der Waals surface area contributed by atoms with Gasteiger partial charge >= 0.3 is 0 Å². The molecule has 5 nitrogen and oxygen atoms in total. The zero-order valence-corrected chi connectivity index (χ0v) is 16.6. The van der Waals surface area contributed by atoms with Crippen LogP contribution >= 0.6 is 11.3 Å². The van der Waals surface area contributed by atoms with Gasteiger partial charge in [0.2, 0.25) is 5.91 Å². The van der Waals surface area contributed by atoms with Gasteiger partial charge in [0.1, 0.15) is 0 Å². The molecule has 2 aromatic carbocycles. The van der Waals surface area contributed by atoms with Crippen LogP contribution in [0.25, 0.3) is 27.1 Å². The Morgan fingerprint density at radius 3 is 2.83 bits per heavy atom. The fraction of sp³-hybridized carbons (Fsp3) is 0.130. The van der Waals surface area contributed by atoms with Crippen molar-refractivity contribution in [3.8, 4) is 11.3 Å². The third kappa shape index (κ3) is 3.54. The second-order valence-electron chi connectivity index (χ2n) is 7.01. The van der Waals surface area contributed by atoms with Crippen molar-refractivity contribution in [2.45, 2.75) is 12.8 Å². The topological polar surface area (TPSA) is 62.2 Å². The van der Waals surface area contributed by atoms with Crippen molar-refractivity contribution in [1.29, 1.82) is 0 Å². The van der Waals surface area contributed by atoms with Gasteiger partial charge in [-0.2, -0.15) is 0 Å². The van der Waals surface area contributed by atoms with Crippen LogP contribution in [0.5, 0.6) is 0 Å². The molecular formula is C23H20N4OS. The van der Waals surface area contributed by atoms with Crippen molar-refractivity contribution in [1.82, 2.24) is 19.7 Å². The number of imidazole rings is 1. The molecule has 3 heterocycles. The second-order valence-corrected chi connectivity index (χ2v) is 7.84. The highest BCUT2D eigenvalue weighted by Gasteiger charge is 2.12. The molecule has 29 heavy (non-hydrogen) atoms. The molecule has 144 valence electrons. The number of hydrogen-bond donors (Lipinski definition) is 2. The first kappa shape index (κ1) is 17.7. The smallest absolute Gasteiger partial charge is 0.225 e. The number of aromatic amines is 1. The van der Waals surface area contributed by atoms with Crippen molar-refractivity contribution >= 4 is 33.1 Å². The van der Waals surface area contributed by atoms with Crippen LogP contribution in [0.4, 0.5) is 0 Å². The van der Waals surface area contributed by atoms with Crippen LogP contribution in [0.15, 0.2) is 72.4 Å². The standard InChI is InChI=1S/C23H20N4OS/c28-22(24-11-10-17-13-25-20-9-5-4-8-19(17)20)12-18-15-29-23-26-21(14-27(18)23)16-6-2-1-3-7-16/h1-9,13-15,25H,10-12H2,(H,24,28). The summed E-state index contributed by atoms with van der Waals surface area (Å²) in [6.07, 6.45) is 5.18. The lowest BCUT2D eigenvalue weighted by molar-refractivity contribution is -0.120. The molecule has 1 amide bonds. The van der Waals surface area contributed by atoms with Gasteiger partial charge in [-0.05, 0) is 18.1 Å². The minimum absolute atomic E-state index is 0.0273. The van der Waals surface area contributed by atoms with Gasteiger partial charge in [-0.25, -0.2) is 4.98 Å². The Morgan fingerprint density at radius 1 is 1.10 bits per heavy atom. The summed E-state index contributed by atoms with van der Waals surface area (Å²) in [7, 11) is 0. The second kappa shape index (κ2) is 7.56. The summed E-state index contributed by atoms with van der Waals surface area (Å²) >= 11 is 1.56. The number of rotatable bonds is 6. The van der Waals surface area contributed by atoms with E-state index in [1.807, 2.05) is 64.6 Å². The lowest BCUT2D eigenvalue weighted by Gasteiger charge is -2.04. The third-order valence-electron chi connectivity index (χ3n) is 5.09. The Morgan fingerprint density at radius 2 is 1.93 bits per heavy atom. The van der Waals surface area contributed by atoms with Crippen molar-refractivity contribution < 1.29 is 4.79 Å². The van der Waals surface area contributed by atoms with Crippen LogP contribution in [0, 0.1) is 0 Å². The monoisotopic (exact) mass is 400 g/mol. The molecule has 0 saturated carbocycles. The van der Waals surface area contributed by atoms with E-state index < -0.39 is 0 Å². The molecule has 0 aliphatic rings. The first-order chi connectivity index (χ1) is 14.3. The molecule has 6 heteroatoms. The van der Waals surface area contributed by atoms with E-state index in [1.54, 1.807) is 11.3 Å². The van der Waals surface area contributed by atoms with Gasteiger partial charge in [-0.1, -0.05) is 48.5 Å². The number of carbonyl (C=O) groups is 1. The predicted molar refractivity (Wildman–Crippen MR) is 117 cm³/mol. The van der Waals surface area contributed by atoms with Crippen LogP contribution in [-0.4, -0.2) is 26.8 Å². The molecular weight excluding hydrogens is 380 g/mol. The number of carbonyl (C=O) groups excluding carboxylic acids is 1. The van der Waals surface area contributed by atoms with Gasteiger partial charge in [0.15, 0.2) is 4.96 Å². The average molecular weight is 401 g/mol. The number of hydrogen-bond acceptors (Lipinski definition) is 3. The first-order valence-electron chi connectivity index (χ1n) is 9.60. The zero-order chi connectivity index (χ0) is 19.6. The van der Waals surface area contributed by atoms with Crippen LogP contribution in [-0.2, 0) is 17.6 Å². The number of para-hydroxylation sites is 1. The summed E-state index contributed by atoms with van der Waals surface area (Å²) in [5, 5.41) is 6.27. The Balaban J connectivity index is 1.24. The predicted octanol–water partition coefficient (Wildman–Crippen LogP) is 4.45. The molecule has 0 aliphatic heterocycles. The molecule has 3 aromatic heterocycles. The van der Waals surface area contributed by atoms with Gasteiger partial charge in [0.25, 0.3) is 0 Å². The maximum Gasteiger partial charge on any atom is 0.225 e. The summed E-state index contributed by atoms with van der Waals surface area (Å²) in [6, 6.07) is 18.3. The minimum atomic E-state index is 0.0273. The highest BCUT2D eigenvalue weighted by atomic mass is 32.1. The highest BCUT2D eigenvalue weighted by Crippen LogP contribution is 2.23. The molecule has 2 N–H and O–H groups in total. The largest absolute Gasteiger partial charge is 0.361 e. The Hall–Kier alpha value is -3.38. The van der Waals surface area contributed by atoms with E-state index in [1.165, 1.54) is 10.9 Å². The van der Waals surface area contributed by atoms with Crippen molar-refractivity contribution in [2.75, 3.05) is 6.54 Å². The molecule has 0 spiro atoms.